The minimum Gasteiger partial charge on any atom is -0.353 e. The number of aromatic nitrogens is 6. The summed E-state index contributed by atoms with van der Waals surface area (Å²) in [6, 6.07) is 14.9. The lowest BCUT2D eigenvalue weighted by atomic mass is 10.0. The van der Waals surface area contributed by atoms with Crippen LogP contribution in [0.5, 0.6) is 0 Å². The fourth-order valence-electron chi connectivity index (χ4n) is 4.11. The van der Waals surface area contributed by atoms with Gasteiger partial charge in [-0.15, -0.1) is 0 Å². The van der Waals surface area contributed by atoms with Crippen LogP contribution in [-0.2, 0) is 0 Å². The van der Waals surface area contributed by atoms with Crippen molar-refractivity contribution >= 4 is 21.8 Å². The van der Waals surface area contributed by atoms with Gasteiger partial charge in [-0.3, -0.25) is 20.1 Å². The van der Waals surface area contributed by atoms with E-state index in [0.717, 1.165) is 61.3 Å². The van der Waals surface area contributed by atoms with Crippen LogP contribution in [0.15, 0.2) is 73.3 Å². The Kier molecular flexibility index (Phi) is 4.07. The van der Waals surface area contributed by atoms with Crippen molar-refractivity contribution in [3.8, 4) is 33.9 Å². The van der Waals surface area contributed by atoms with E-state index in [2.05, 4.69) is 36.2 Å². The summed E-state index contributed by atoms with van der Waals surface area (Å²) < 4.78 is 14.0. The predicted octanol–water partition coefficient (Wildman–Crippen LogP) is 5.68. The van der Waals surface area contributed by atoms with Crippen molar-refractivity contribution in [2.75, 3.05) is 0 Å². The summed E-state index contributed by atoms with van der Waals surface area (Å²) in [5.74, 6) is -0.274. The van der Waals surface area contributed by atoms with Crippen molar-refractivity contribution in [2.24, 2.45) is 0 Å². The Hall–Kier alpha value is -4.39. The average Bonchev–Trinajstić information content (AvgIpc) is 3.42. The van der Waals surface area contributed by atoms with Crippen LogP contribution in [0, 0.1) is 12.7 Å². The van der Waals surface area contributed by atoms with Crippen LogP contribution in [0.25, 0.3) is 55.7 Å². The molecule has 4 heterocycles. The van der Waals surface area contributed by atoms with Crippen molar-refractivity contribution in [1.29, 1.82) is 0 Å². The van der Waals surface area contributed by atoms with E-state index in [-0.39, 0.29) is 5.82 Å². The van der Waals surface area contributed by atoms with E-state index < -0.39 is 0 Å². The van der Waals surface area contributed by atoms with Gasteiger partial charge in [0, 0.05) is 46.0 Å². The summed E-state index contributed by atoms with van der Waals surface area (Å²) in [7, 11) is 0. The largest absolute Gasteiger partial charge is 0.353 e. The number of benzene rings is 2. The lowest BCUT2D eigenvalue weighted by Gasteiger charge is -2.04. The summed E-state index contributed by atoms with van der Waals surface area (Å²) in [6.45, 7) is 1.87. The minimum absolute atomic E-state index is 0.274. The van der Waals surface area contributed by atoms with Gasteiger partial charge >= 0.3 is 0 Å². The number of nitrogens with zero attached hydrogens (tertiary/aromatic N) is 4. The third-order valence-electron chi connectivity index (χ3n) is 5.54. The van der Waals surface area contributed by atoms with Gasteiger partial charge < -0.3 is 4.98 Å². The van der Waals surface area contributed by atoms with E-state index in [1.807, 2.05) is 37.3 Å². The first kappa shape index (κ1) is 18.4. The smallest absolute Gasteiger partial charge is 0.124 e. The third kappa shape index (κ3) is 3.02. The standard InChI is InChI=1S/C25H17FN6/c1-14-8-16(10-17(26)9-14)24-19-12-22(30-20(19)4-5-29-24)25-18-11-15(2-3-21(18)31-32-25)23-13-27-6-7-28-23/h2-13,30H,1H3,(H,31,32). The zero-order chi connectivity index (χ0) is 21.7. The Morgan fingerprint density at radius 2 is 1.69 bits per heavy atom. The van der Waals surface area contributed by atoms with Crippen LogP contribution in [0.1, 0.15) is 5.56 Å². The Bertz CT molecular complexity index is 1580. The second-order valence-electron chi connectivity index (χ2n) is 7.74. The molecule has 0 aliphatic carbocycles. The predicted molar refractivity (Wildman–Crippen MR) is 122 cm³/mol. The number of pyridine rings is 1. The van der Waals surface area contributed by atoms with E-state index in [0.29, 0.717) is 0 Å². The van der Waals surface area contributed by atoms with Crippen molar-refractivity contribution < 1.29 is 4.39 Å². The summed E-state index contributed by atoms with van der Waals surface area (Å²) >= 11 is 0. The van der Waals surface area contributed by atoms with Gasteiger partial charge in [-0.25, -0.2) is 4.39 Å². The highest BCUT2D eigenvalue weighted by atomic mass is 19.1. The summed E-state index contributed by atoms with van der Waals surface area (Å²) in [6.07, 6.45) is 6.80. The van der Waals surface area contributed by atoms with Crippen molar-refractivity contribution in [3.05, 3.63) is 84.7 Å². The maximum Gasteiger partial charge on any atom is 0.124 e. The third-order valence-corrected chi connectivity index (χ3v) is 5.54. The summed E-state index contributed by atoms with van der Waals surface area (Å²) in [5.41, 5.74) is 7.56. The van der Waals surface area contributed by atoms with Crippen LogP contribution < -0.4 is 0 Å². The second-order valence-corrected chi connectivity index (χ2v) is 7.74. The molecule has 2 aromatic carbocycles. The zero-order valence-corrected chi connectivity index (χ0v) is 17.1. The number of aromatic amines is 2. The molecule has 0 unspecified atom stereocenters. The highest BCUT2D eigenvalue weighted by molar-refractivity contribution is 6.00. The molecule has 0 atom stereocenters. The monoisotopic (exact) mass is 420 g/mol. The van der Waals surface area contributed by atoms with Gasteiger partial charge in [-0.1, -0.05) is 6.07 Å². The Labute approximate surface area is 182 Å². The minimum atomic E-state index is -0.274. The van der Waals surface area contributed by atoms with Crippen molar-refractivity contribution in [1.82, 2.24) is 30.1 Å². The van der Waals surface area contributed by atoms with Gasteiger partial charge in [0.05, 0.1) is 28.8 Å². The molecule has 0 spiro atoms. The summed E-state index contributed by atoms with van der Waals surface area (Å²) in [4.78, 5) is 16.5. The number of aryl methyl sites for hydroxylation is 1. The Morgan fingerprint density at radius 3 is 2.53 bits per heavy atom. The van der Waals surface area contributed by atoms with Gasteiger partial charge in [0.1, 0.15) is 11.5 Å². The van der Waals surface area contributed by atoms with Crippen molar-refractivity contribution in [3.63, 3.8) is 0 Å². The number of hydrogen-bond acceptors (Lipinski definition) is 4. The molecule has 0 bridgehead atoms. The first-order valence-corrected chi connectivity index (χ1v) is 10.2. The lowest BCUT2D eigenvalue weighted by molar-refractivity contribution is 0.627. The van der Waals surface area contributed by atoms with Gasteiger partial charge in [0.15, 0.2) is 0 Å². The maximum absolute atomic E-state index is 14.0. The van der Waals surface area contributed by atoms with Crippen LogP contribution in [-0.4, -0.2) is 30.1 Å². The molecule has 0 aliphatic rings. The molecule has 0 amide bonds. The molecule has 7 heteroatoms. The van der Waals surface area contributed by atoms with Crippen LogP contribution in [0.4, 0.5) is 4.39 Å². The molecule has 6 nitrogen and oxygen atoms in total. The molecule has 0 saturated carbocycles. The highest BCUT2D eigenvalue weighted by Gasteiger charge is 2.15. The molecule has 0 saturated heterocycles. The van der Waals surface area contributed by atoms with Crippen molar-refractivity contribution in [2.45, 2.75) is 6.92 Å². The van der Waals surface area contributed by atoms with Gasteiger partial charge in [-0.05, 0) is 55.0 Å². The molecule has 0 fully saturated rings. The molecule has 6 aromatic rings. The van der Waals surface area contributed by atoms with E-state index in [1.165, 1.54) is 12.1 Å². The number of H-pyrrole nitrogens is 2. The van der Waals surface area contributed by atoms with E-state index in [9.17, 15) is 4.39 Å². The number of halogens is 1. The SMILES string of the molecule is Cc1cc(F)cc(-c2nccc3[nH]c(-c4n[nH]c5ccc(-c6cnccn6)cc45)cc23)c1. The van der Waals surface area contributed by atoms with E-state index in [1.54, 1.807) is 24.8 Å². The normalized spacial score (nSPS) is 11.4. The van der Waals surface area contributed by atoms with E-state index in [4.69, 9.17) is 0 Å². The quantitative estimate of drug-likeness (QED) is 0.386. The number of nitrogens with one attached hydrogen (secondary N) is 2. The number of rotatable bonds is 3. The number of fused-ring (bicyclic) bond motifs is 2. The second kappa shape index (κ2) is 7.09. The molecule has 154 valence electrons. The first-order valence-electron chi connectivity index (χ1n) is 10.2. The molecule has 2 N–H and O–H groups in total. The fraction of sp³-hybridized carbons (Fsp3) is 0.0400. The van der Waals surface area contributed by atoms with Gasteiger partial charge in [0.25, 0.3) is 0 Å². The molecule has 0 aliphatic heterocycles. The average molecular weight is 420 g/mol. The van der Waals surface area contributed by atoms with Crippen LogP contribution in [0.2, 0.25) is 0 Å². The van der Waals surface area contributed by atoms with Gasteiger partial charge in [0.2, 0.25) is 0 Å². The molecule has 32 heavy (non-hydrogen) atoms. The summed E-state index contributed by atoms with van der Waals surface area (Å²) in [5, 5.41) is 9.53. The fourth-order valence-corrected chi connectivity index (χ4v) is 4.11. The molecule has 6 rings (SSSR count). The Balaban J connectivity index is 1.52. The first-order chi connectivity index (χ1) is 15.7. The number of hydrogen-bond donors (Lipinski definition) is 2. The zero-order valence-electron chi connectivity index (χ0n) is 17.1. The topological polar surface area (TPSA) is 83.1 Å². The lowest BCUT2D eigenvalue weighted by Crippen LogP contribution is -1.87. The molecule has 0 radical (unpaired) electrons. The molecular weight excluding hydrogens is 403 g/mol. The molecular formula is C25H17FN6. The maximum atomic E-state index is 14.0. The highest BCUT2D eigenvalue weighted by Crippen LogP contribution is 2.34. The van der Waals surface area contributed by atoms with E-state index >= 15 is 0 Å². The van der Waals surface area contributed by atoms with Crippen LogP contribution >= 0.6 is 0 Å². The van der Waals surface area contributed by atoms with Crippen LogP contribution in [0.3, 0.4) is 0 Å². The van der Waals surface area contributed by atoms with Gasteiger partial charge in [-0.2, -0.15) is 5.10 Å². The molecule has 4 aromatic heterocycles. The Morgan fingerprint density at radius 1 is 0.781 bits per heavy atom.